The molecule has 0 spiro atoms. The standard InChI is InChI=1S/C7H5ClFNO2/c8-7(9)5-1-3-6(4-2-5)10(11)12/h1-4,7H. The number of rotatable bonds is 2. The third kappa shape index (κ3) is 1.92. The summed E-state index contributed by atoms with van der Waals surface area (Å²) in [4.78, 5) is 9.61. The van der Waals surface area contributed by atoms with E-state index in [1.807, 2.05) is 0 Å². The molecule has 0 amide bonds. The Labute approximate surface area is 72.9 Å². The van der Waals surface area contributed by atoms with Crippen LogP contribution in [0.25, 0.3) is 0 Å². The zero-order chi connectivity index (χ0) is 9.14. The SMILES string of the molecule is O=[N+]([O-])c1ccc(C(F)Cl)cc1. The number of non-ortho nitro benzene ring substituents is 1. The highest BCUT2D eigenvalue weighted by atomic mass is 35.5. The van der Waals surface area contributed by atoms with E-state index in [2.05, 4.69) is 0 Å². The molecule has 0 aliphatic heterocycles. The maximum Gasteiger partial charge on any atom is 0.269 e. The van der Waals surface area contributed by atoms with Crippen LogP contribution in [0.5, 0.6) is 0 Å². The van der Waals surface area contributed by atoms with Crippen LogP contribution in [0.15, 0.2) is 24.3 Å². The van der Waals surface area contributed by atoms with Crippen LogP contribution in [0.3, 0.4) is 0 Å². The Hall–Kier alpha value is -1.16. The molecule has 0 aliphatic rings. The van der Waals surface area contributed by atoms with E-state index in [1.165, 1.54) is 24.3 Å². The Morgan fingerprint density at radius 2 is 1.92 bits per heavy atom. The number of nitro benzene ring substituents is 1. The highest BCUT2D eigenvalue weighted by Gasteiger charge is 2.08. The normalized spacial score (nSPS) is 12.5. The molecule has 5 heteroatoms. The molecule has 1 rings (SSSR count). The highest BCUT2D eigenvalue weighted by molar-refractivity contribution is 6.19. The van der Waals surface area contributed by atoms with Crippen molar-refractivity contribution in [3.05, 3.63) is 39.9 Å². The molecule has 1 atom stereocenters. The van der Waals surface area contributed by atoms with Crippen molar-refractivity contribution >= 4 is 17.3 Å². The van der Waals surface area contributed by atoms with Crippen LogP contribution in [0.4, 0.5) is 10.1 Å². The molecule has 0 aliphatic carbocycles. The number of hydrogen-bond donors (Lipinski definition) is 0. The first-order valence-electron chi connectivity index (χ1n) is 3.14. The van der Waals surface area contributed by atoms with E-state index >= 15 is 0 Å². The van der Waals surface area contributed by atoms with Gasteiger partial charge in [0.05, 0.1) is 4.92 Å². The average Bonchev–Trinajstić information content (AvgIpc) is 2.04. The lowest BCUT2D eigenvalue weighted by atomic mass is 10.2. The summed E-state index contributed by atoms with van der Waals surface area (Å²) in [5, 5.41) is 10.2. The van der Waals surface area contributed by atoms with E-state index in [4.69, 9.17) is 11.6 Å². The maximum absolute atomic E-state index is 12.4. The van der Waals surface area contributed by atoms with Gasteiger partial charge in [-0.3, -0.25) is 10.1 Å². The first kappa shape index (κ1) is 8.93. The predicted octanol–water partition coefficient (Wildman–Crippen LogP) is 2.80. The molecule has 64 valence electrons. The van der Waals surface area contributed by atoms with Gasteiger partial charge in [-0.15, -0.1) is 0 Å². The Kier molecular flexibility index (Phi) is 2.60. The number of nitro groups is 1. The second-order valence-corrected chi connectivity index (χ2v) is 2.53. The molecule has 0 bridgehead atoms. The molecule has 1 unspecified atom stereocenters. The number of nitrogens with zero attached hydrogens (tertiary/aromatic N) is 1. The summed E-state index contributed by atoms with van der Waals surface area (Å²) in [7, 11) is 0. The first-order chi connectivity index (χ1) is 5.61. The van der Waals surface area contributed by atoms with Gasteiger partial charge in [0.25, 0.3) is 5.69 Å². The lowest BCUT2D eigenvalue weighted by molar-refractivity contribution is -0.384. The second-order valence-electron chi connectivity index (χ2n) is 2.15. The fourth-order valence-corrected chi connectivity index (χ4v) is 0.887. The van der Waals surface area contributed by atoms with Crippen LogP contribution < -0.4 is 0 Å². The van der Waals surface area contributed by atoms with E-state index < -0.39 is 10.6 Å². The van der Waals surface area contributed by atoms with Crippen LogP contribution in [0.2, 0.25) is 0 Å². The lowest BCUT2D eigenvalue weighted by Gasteiger charge is -1.97. The first-order valence-corrected chi connectivity index (χ1v) is 3.57. The molecule has 3 nitrogen and oxygen atoms in total. The van der Waals surface area contributed by atoms with Crippen molar-refractivity contribution in [3.8, 4) is 0 Å². The minimum absolute atomic E-state index is 0.0731. The number of hydrogen-bond acceptors (Lipinski definition) is 2. The average molecular weight is 190 g/mol. The van der Waals surface area contributed by atoms with Gasteiger partial charge in [-0.2, -0.15) is 0 Å². The van der Waals surface area contributed by atoms with Crippen LogP contribution in [-0.2, 0) is 0 Å². The van der Waals surface area contributed by atoms with Gasteiger partial charge in [0, 0.05) is 17.7 Å². The van der Waals surface area contributed by atoms with Gasteiger partial charge in [0.15, 0.2) is 5.63 Å². The third-order valence-electron chi connectivity index (χ3n) is 1.36. The summed E-state index contributed by atoms with van der Waals surface area (Å²) in [6, 6.07) is 5.00. The minimum Gasteiger partial charge on any atom is -0.258 e. The van der Waals surface area contributed by atoms with E-state index in [1.54, 1.807) is 0 Å². The zero-order valence-electron chi connectivity index (χ0n) is 5.91. The number of halogens is 2. The van der Waals surface area contributed by atoms with Crippen LogP contribution in [0.1, 0.15) is 11.2 Å². The molecule has 1 aromatic carbocycles. The Bertz CT molecular complexity index is 286. The van der Waals surface area contributed by atoms with E-state index in [-0.39, 0.29) is 11.3 Å². The molecular weight excluding hydrogens is 185 g/mol. The summed E-state index contributed by atoms with van der Waals surface area (Å²) >= 11 is 5.10. The molecule has 0 N–H and O–H groups in total. The Balaban J connectivity index is 2.93. The Morgan fingerprint density at radius 3 is 2.25 bits per heavy atom. The van der Waals surface area contributed by atoms with Crippen molar-refractivity contribution in [1.29, 1.82) is 0 Å². The molecule has 0 radical (unpaired) electrons. The summed E-state index contributed by atoms with van der Waals surface area (Å²) in [5.74, 6) is 0. The molecule has 0 saturated heterocycles. The summed E-state index contributed by atoms with van der Waals surface area (Å²) in [6.07, 6.45) is 0. The molecule has 0 fully saturated rings. The van der Waals surface area contributed by atoms with Gasteiger partial charge >= 0.3 is 0 Å². The van der Waals surface area contributed by atoms with Crippen LogP contribution >= 0.6 is 11.6 Å². The summed E-state index contributed by atoms with van der Waals surface area (Å²) in [5.41, 5.74) is -1.45. The predicted molar refractivity (Wildman–Crippen MR) is 42.8 cm³/mol. The smallest absolute Gasteiger partial charge is 0.258 e. The number of alkyl halides is 2. The van der Waals surface area contributed by atoms with Gasteiger partial charge in [0.1, 0.15) is 0 Å². The quantitative estimate of drug-likeness (QED) is 0.408. The maximum atomic E-state index is 12.4. The molecule has 0 saturated carbocycles. The third-order valence-corrected chi connectivity index (χ3v) is 1.61. The topological polar surface area (TPSA) is 43.1 Å². The zero-order valence-corrected chi connectivity index (χ0v) is 6.66. The monoisotopic (exact) mass is 189 g/mol. The van der Waals surface area contributed by atoms with Gasteiger partial charge < -0.3 is 0 Å². The second kappa shape index (κ2) is 3.49. The van der Waals surface area contributed by atoms with Crippen molar-refractivity contribution in [2.45, 2.75) is 5.63 Å². The van der Waals surface area contributed by atoms with E-state index in [0.29, 0.717) is 0 Å². The van der Waals surface area contributed by atoms with Crippen molar-refractivity contribution in [1.82, 2.24) is 0 Å². The summed E-state index contributed by atoms with van der Waals surface area (Å²) < 4.78 is 12.4. The van der Waals surface area contributed by atoms with Gasteiger partial charge in [0.2, 0.25) is 0 Å². The van der Waals surface area contributed by atoms with Crippen molar-refractivity contribution in [3.63, 3.8) is 0 Å². The fraction of sp³-hybridized carbons (Fsp3) is 0.143. The molecule has 0 heterocycles. The largest absolute Gasteiger partial charge is 0.269 e. The number of benzene rings is 1. The molecule has 0 aromatic heterocycles. The fourth-order valence-electron chi connectivity index (χ4n) is 0.742. The lowest BCUT2D eigenvalue weighted by Crippen LogP contribution is -1.88. The van der Waals surface area contributed by atoms with Gasteiger partial charge in [-0.05, 0) is 12.1 Å². The van der Waals surface area contributed by atoms with Crippen LogP contribution in [0, 0.1) is 10.1 Å². The van der Waals surface area contributed by atoms with Crippen LogP contribution in [-0.4, -0.2) is 4.92 Å². The van der Waals surface area contributed by atoms with Gasteiger partial charge in [-0.25, -0.2) is 4.39 Å². The molecular formula is C7H5ClFNO2. The van der Waals surface area contributed by atoms with Gasteiger partial charge in [-0.1, -0.05) is 11.6 Å². The minimum atomic E-state index is -1.61. The van der Waals surface area contributed by atoms with E-state index in [0.717, 1.165) is 0 Å². The van der Waals surface area contributed by atoms with E-state index in [9.17, 15) is 14.5 Å². The van der Waals surface area contributed by atoms with Crippen molar-refractivity contribution in [2.75, 3.05) is 0 Å². The van der Waals surface area contributed by atoms with Crippen molar-refractivity contribution < 1.29 is 9.31 Å². The Morgan fingerprint density at radius 1 is 1.42 bits per heavy atom. The molecule has 1 aromatic rings. The molecule has 12 heavy (non-hydrogen) atoms. The summed E-state index contributed by atoms with van der Waals surface area (Å²) in [6.45, 7) is 0. The van der Waals surface area contributed by atoms with Crippen molar-refractivity contribution in [2.24, 2.45) is 0 Å². The highest BCUT2D eigenvalue weighted by Crippen LogP contribution is 2.23.